The molecule has 0 aromatic carbocycles. The van der Waals surface area contributed by atoms with Gasteiger partial charge in [-0.05, 0) is 0 Å². The van der Waals surface area contributed by atoms with Gasteiger partial charge in [-0.25, -0.2) is 13.1 Å². The lowest BCUT2D eigenvalue weighted by Gasteiger charge is -2.00. The Kier molecular flexibility index (Phi) is 3.47. The third-order valence-corrected chi connectivity index (χ3v) is 3.14. The molecule has 0 fully saturated rings. The number of aromatic amines is 1. The summed E-state index contributed by atoms with van der Waals surface area (Å²) in [7, 11) is -3.33. The van der Waals surface area contributed by atoms with E-state index < -0.39 is 10.0 Å². The molecule has 5 nitrogen and oxygen atoms in total. The summed E-state index contributed by atoms with van der Waals surface area (Å²) in [6.07, 6.45) is 2.62. The van der Waals surface area contributed by atoms with Crippen molar-refractivity contribution in [2.75, 3.05) is 11.0 Å². The normalized spacial score (nSPS) is 11.8. The van der Waals surface area contributed by atoms with Crippen LogP contribution < -0.4 is 4.72 Å². The van der Waals surface area contributed by atoms with Gasteiger partial charge < -0.3 is 0 Å². The first kappa shape index (κ1) is 9.93. The van der Waals surface area contributed by atoms with Crippen molar-refractivity contribution in [2.24, 2.45) is 0 Å². The maximum atomic E-state index is 11.3. The Morgan fingerprint density at radius 3 is 2.92 bits per heavy atom. The number of hydrogen-bond acceptors (Lipinski definition) is 3. The number of nitrogens with one attached hydrogen (secondary N) is 2. The largest absolute Gasteiger partial charge is 0.284 e. The van der Waals surface area contributed by atoms with Gasteiger partial charge in [0.15, 0.2) is 0 Å². The van der Waals surface area contributed by atoms with Crippen molar-refractivity contribution >= 4 is 32.6 Å². The van der Waals surface area contributed by atoms with Crippen LogP contribution >= 0.6 is 22.6 Å². The second-order valence-electron chi connectivity index (χ2n) is 2.02. The van der Waals surface area contributed by atoms with Crippen molar-refractivity contribution in [3.8, 4) is 0 Å². The zero-order valence-corrected chi connectivity index (χ0v) is 9.09. The smallest absolute Gasteiger partial charge is 0.243 e. The van der Waals surface area contributed by atoms with Crippen LogP contribution in [0.4, 0.5) is 0 Å². The average molecular weight is 301 g/mol. The highest BCUT2D eigenvalue weighted by molar-refractivity contribution is 14.1. The monoisotopic (exact) mass is 301 g/mol. The minimum Gasteiger partial charge on any atom is -0.284 e. The maximum Gasteiger partial charge on any atom is 0.243 e. The molecule has 0 atom stereocenters. The summed E-state index contributed by atoms with van der Waals surface area (Å²) in [6, 6.07) is 0. The van der Waals surface area contributed by atoms with Gasteiger partial charge in [0.2, 0.25) is 10.0 Å². The average Bonchev–Trinajstić information content (AvgIpc) is 2.53. The quantitative estimate of drug-likeness (QED) is 0.613. The van der Waals surface area contributed by atoms with Crippen LogP contribution in [-0.4, -0.2) is 29.6 Å². The number of alkyl halides is 1. The molecule has 7 heteroatoms. The van der Waals surface area contributed by atoms with E-state index in [0.717, 1.165) is 4.43 Å². The van der Waals surface area contributed by atoms with Crippen molar-refractivity contribution in [3.05, 3.63) is 12.4 Å². The Morgan fingerprint density at radius 2 is 2.42 bits per heavy atom. The van der Waals surface area contributed by atoms with Gasteiger partial charge in [-0.2, -0.15) is 5.10 Å². The van der Waals surface area contributed by atoms with Crippen LogP contribution in [-0.2, 0) is 10.0 Å². The molecule has 0 spiro atoms. The number of hydrogen-bond donors (Lipinski definition) is 2. The summed E-state index contributed by atoms with van der Waals surface area (Å²) < 4.78 is 25.7. The summed E-state index contributed by atoms with van der Waals surface area (Å²) in [5, 5.41) is 5.99. The molecular formula is C5H8IN3O2S. The zero-order chi connectivity index (χ0) is 9.03. The highest BCUT2D eigenvalue weighted by Crippen LogP contribution is 2.03. The first-order chi connectivity index (χ1) is 5.67. The van der Waals surface area contributed by atoms with Crippen LogP contribution in [0.25, 0.3) is 0 Å². The molecule has 68 valence electrons. The molecule has 1 heterocycles. The van der Waals surface area contributed by atoms with Gasteiger partial charge in [0.05, 0.1) is 6.20 Å². The first-order valence-corrected chi connectivity index (χ1v) is 6.22. The van der Waals surface area contributed by atoms with E-state index in [2.05, 4.69) is 37.5 Å². The fourth-order valence-electron chi connectivity index (χ4n) is 0.642. The van der Waals surface area contributed by atoms with Crippen LogP contribution in [0.2, 0.25) is 0 Å². The van der Waals surface area contributed by atoms with Gasteiger partial charge in [0.1, 0.15) is 4.90 Å². The summed E-state index contributed by atoms with van der Waals surface area (Å²) in [6.45, 7) is 0.439. The van der Waals surface area contributed by atoms with Crippen molar-refractivity contribution in [1.29, 1.82) is 0 Å². The molecule has 1 aromatic rings. The Bertz CT molecular complexity index is 320. The van der Waals surface area contributed by atoms with Crippen LogP contribution in [0.5, 0.6) is 0 Å². The molecule has 12 heavy (non-hydrogen) atoms. The lowest BCUT2D eigenvalue weighted by atomic mass is 10.7. The number of sulfonamides is 1. The topological polar surface area (TPSA) is 74.8 Å². The Morgan fingerprint density at radius 1 is 1.67 bits per heavy atom. The van der Waals surface area contributed by atoms with Gasteiger partial charge in [-0.15, -0.1) is 0 Å². The van der Waals surface area contributed by atoms with Gasteiger partial charge in [0, 0.05) is 17.2 Å². The van der Waals surface area contributed by atoms with Crippen molar-refractivity contribution < 1.29 is 8.42 Å². The van der Waals surface area contributed by atoms with Gasteiger partial charge in [-0.3, -0.25) is 5.10 Å². The molecule has 0 radical (unpaired) electrons. The number of aromatic nitrogens is 2. The molecule has 0 saturated carbocycles. The number of nitrogens with zero attached hydrogens (tertiary/aromatic N) is 1. The summed E-state index contributed by atoms with van der Waals surface area (Å²) >= 11 is 2.09. The molecular weight excluding hydrogens is 293 g/mol. The fraction of sp³-hybridized carbons (Fsp3) is 0.400. The van der Waals surface area contributed by atoms with Crippen LogP contribution in [0, 0.1) is 0 Å². The summed E-state index contributed by atoms with van der Waals surface area (Å²) in [4.78, 5) is 0.173. The predicted octanol–water partition coefficient (Wildman–Crippen LogP) is 0.123. The number of rotatable bonds is 4. The van der Waals surface area contributed by atoms with E-state index >= 15 is 0 Å². The van der Waals surface area contributed by atoms with E-state index in [-0.39, 0.29) is 4.90 Å². The van der Waals surface area contributed by atoms with E-state index in [1.54, 1.807) is 0 Å². The first-order valence-electron chi connectivity index (χ1n) is 3.21. The molecule has 1 aromatic heterocycles. The standard InChI is InChI=1S/C5H8IN3O2S/c6-1-2-9-12(10,11)5-3-7-8-4-5/h3-4,9H,1-2H2,(H,7,8). The van der Waals surface area contributed by atoms with E-state index in [4.69, 9.17) is 0 Å². The van der Waals surface area contributed by atoms with E-state index in [0.29, 0.717) is 6.54 Å². The lowest BCUT2D eigenvalue weighted by Crippen LogP contribution is -2.25. The lowest BCUT2D eigenvalue weighted by molar-refractivity contribution is 0.584. The molecule has 0 saturated heterocycles. The zero-order valence-electron chi connectivity index (χ0n) is 6.12. The molecule has 0 aliphatic carbocycles. The maximum absolute atomic E-state index is 11.3. The van der Waals surface area contributed by atoms with E-state index in [1.165, 1.54) is 12.4 Å². The van der Waals surface area contributed by atoms with E-state index in [9.17, 15) is 8.42 Å². The van der Waals surface area contributed by atoms with Gasteiger partial charge >= 0.3 is 0 Å². The second kappa shape index (κ2) is 4.19. The van der Waals surface area contributed by atoms with Crippen LogP contribution in [0.1, 0.15) is 0 Å². The molecule has 1 rings (SSSR count). The van der Waals surface area contributed by atoms with Crippen molar-refractivity contribution in [3.63, 3.8) is 0 Å². The number of halogens is 1. The van der Waals surface area contributed by atoms with Crippen molar-refractivity contribution in [2.45, 2.75) is 4.90 Å². The van der Waals surface area contributed by atoms with Crippen LogP contribution in [0.15, 0.2) is 17.3 Å². The SMILES string of the molecule is O=S(=O)(NCCI)c1cn[nH]c1. The third-order valence-electron chi connectivity index (χ3n) is 1.17. The Balaban J connectivity index is 2.74. The second-order valence-corrected chi connectivity index (χ2v) is 4.87. The molecule has 0 amide bonds. The minimum atomic E-state index is -3.33. The van der Waals surface area contributed by atoms with E-state index in [1.807, 2.05) is 0 Å². The minimum absolute atomic E-state index is 0.173. The molecule has 0 bridgehead atoms. The Labute approximate surface area is 84.1 Å². The molecule has 0 unspecified atom stereocenters. The molecule has 2 N–H and O–H groups in total. The van der Waals surface area contributed by atoms with Gasteiger partial charge in [-0.1, -0.05) is 22.6 Å². The van der Waals surface area contributed by atoms with Gasteiger partial charge in [0.25, 0.3) is 0 Å². The summed E-state index contributed by atoms with van der Waals surface area (Å²) in [5.74, 6) is 0. The molecule has 0 aliphatic heterocycles. The third kappa shape index (κ3) is 2.42. The predicted molar refractivity (Wildman–Crippen MR) is 52.7 cm³/mol. The fourth-order valence-corrected chi connectivity index (χ4v) is 2.21. The molecule has 0 aliphatic rings. The van der Waals surface area contributed by atoms with Crippen LogP contribution in [0.3, 0.4) is 0 Å². The Hall–Kier alpha value is -0.150. The highest BCUT2D eigenvalue weighted by atomic mass is 127. The highest BCUT2D eigenvalue weighted by Gasteiger charge is 2.13. The van der Waals surface area contributed by atoms with Crippen molar-refractivity contribution in [1.82, 2.24) is 14.9 Å². The summed E-state index contributed by atoms with van der Waals surface area (Å²) in [5.41, 5.74) is 0. The number of H-pyrrole nitrogens is 1.